The first-order chi connectivity index (χ1) is 6.68. The number of ketones is 1. The topological polar surface area (TPSA) is 17.1 Å². The number of halogens is 2. The van der Waals surface area contributed by atoms with Crippen LogP contribution in [0.25, 0.3) is 0 Å². The van der Waals surface area contributed by atoms with Gasteiger partial charge in [-0.15, -0.1) is 0 Å². The number of carbonyl (C=O) groups is 1. The lowest BCUT2D eigenvalue weighted by Gasteiger charge is -2.09. The summed E-state index contributed by atoms with van der Waals surface area (Å²) in [5.41, 5.74) is 0.215. The standard InChI is InChI=1S/C11H10F2O/c12-7-4-5-10(13)9(6-7)8-2-1-3-11(8)14/h4-6,8H,1-3H2. The van der Waals surface area contributed by atoms with Gasteiger partial charge in [0.1, 0.15) is 17.4 Å². The van der Waals surface area contributed by atoms with E-state index in [-0.39, 0.29) is 11.3 Å². The van der Waals surface area contributed by atoms with Gasteiger partial charge in [0.2, 0.25) is 0 Å². The van der Waals surface area contributed by atoms with E-state index >= 15 is 0 Å². The van der Waals surface area contributed by atoms with Gasteiger partial charge in [0.05, 0.1) is 0 Å². The van der Waals surface area contributed by atoms with Crippen molar-refractivity contribution in [2.45, 2.75) is 25.2 Å². The molecule has 0 heterocycles. The van der Waals surface area contributed by atoms with Gasteiger partial charge in [-0.1, -0.05) is 0 Å². The summed E-state index contributed by atoms with van der Waals surface area (Å²) >= 11 is 0. The molecule has 0 aromatic heterocycles. The van der Waals surface area contributed by atoms with Crippen molar-refractivity contribution < 1.29 is 13.6 Å². The first-order valence-corrected chi connectivity index (χ1v) is 4.66. The number of hydrogen-bond acceptors (Lipinski definition) is 1. The van der Waals surface area contributed by atoms with Crippen LogP contribution in [0.3, 0.4) is 0 Å². The first-order valence-electron chi connectivity index (χ1n) is 4.66. The Bertz CT molecular complexity index is 374. The molecule has 0 saturated heterocycles. The summed E-state index contributed by atoms with van der Waals surface area (Å²) in [5.74, 6) is -1.37. The van der Waals surface area contributed by atoms with Gasteiger partial charge < -0.3 is 0 Å². The summed E-state index contributed by atoms with van der Waals surface area (Å²) in [7, 11) is 0. The number of benzene rings is 1. The summed E-state index contributed by atoms with van der Waals surface area (Å²) in [6.45, 7) is 0. The second-order valence-electron chi connectivity index (χ2n) is 3.58. The third-order valence-electron chi connectivity index (χ3n) is 2.64. The van der Waals surface area contributed by atoms with Gasteiger partial charge in [0.25, 0.3) is 0 Å². The fourth-order valence-corrected chi connectivity index (χ4v) is 1.93. The fraction of sp³-hybridized carbons (Fsp3) is 0.364. The molecule has 1 saturated carbocycles. The molecule has 0 radical (unpaired) electrons. The predicted molar refractivity (Wildman–Crippen MR) is 48.0 cm³/mol. The first kappa shape index (κ1) is 9.31. The number of hydrogen-bond donors (Lipinski definition) is 0. The predicted octanol–water partition coefficient (Wildman–Crippen LogP) is 2.80. The van der Waals surface area contributed by atoms with Crippen LogP contribution in [0.2, 0.25) is 0 Å². The van der Waals surface area contributed by atoms with Crippen molar-refractivity contribution in [1.82, 2.24) is 0 Å². The lowest BCUT2D eigenvalue weighted by molar-refractivity contribution is -0.118. The average molecular weight is 196 g/mol. The molecular formula is C11H10F2O. The van der Waals surface area contributed by atoms with Crippen LogP contribution >= 0.6 is 0 Å². The van der Waals surface area contributed by atoms with Gasteiger partial charge in [-0.25, -0.2) is 8.78 Å². The largest absolute Gasteiger partial charge is 0.299 e. The second kappa shape index (κ2) is 3.48. The lowest BCUT2D eigenvalue weighted by atomic mass is 9.96. The smallest absolute Gasteiger partial charge is 0.140 e. The summed E-state index contributed by atoms with van der Waals surface area (Å²) in [6, 6.07) is 3.28. The van der Waals surface area contributed by atoms with E-state index in [2.05, 4.69) is 0 Å². The van der Waals surface area contributed by atoms with Crippen LogP contribution in [0, 0.1) is 11.6 Å². The third kappa shape index (κ3) is 1.54. The summed E-state index contributed by atoms with van der Waals surface area (Å²) in [5, 5.41) is 0. The van der Waals surface area contributed by atoms with E-state index in [4.69, 9.17) is 0 Å². The minimum atomic E-state index is -0.485. The second-order valence-corrected chi connectivity index (χ2v) is 3.58. The van der Waals surface area contributed by atoms with Crippen molar-refractivity contribution in [1.29, 1.82) is 0 Å². The molecule has 1 fully saturated rings. The maximum absolute atomic E-state index is 13.3. The molecule has 1 aliphatic rings. The molecule has 0 aliphatic heterocycles. The molecule has 0 bridgehead atoms. The van der Waals surface area contributed by atoms with Crippen molar-refractivity contribution in [3.05, 3.63) is 35.4 Å². The molecule has 1 aromatic carbocycles. The lowest BCUT2D eigenvalue weighted by Crippen LogP contribution is -2.06. The molecular weight excluding hydrogens is 186 g/mol. The maximum Gasteiger partial charge on any atom is 0.140 e. The molecule has 2 rings (SSSR count). The van der Waals surface area contributed by atoms with Gasteiger partial charge in [-0.3, -0.25) is 4.79 Å². The van der Waals surface area contributed by atoms with E-state index < -0.39 is 17.6 Å². The van der Waals surface area contributed by atoms with E-state index in [9.17, 15) is 13.6 Å². The van der Waals surface area contributed by atoms with Crippen molar-refractivity contribution in [3.63, 3.8) is 0 Å². The Hall–Kier alpha value is -1.25. The van der Waals surface area contributed by atoms with Crippen LogP contribution < -0.4 is 0 Å². The minimum absolute atomic E-state index is 0.0227. The quantitative estimate of drug-likeness (QED) is 0.675. The van der Waals surface area contributed by atoms with Gasteiger partial charge in [0, 0.05) is 17.9 Å². The Morgan fingerprint density at radius 2 is 2.07 bits per heavy atom. The highest BCUT2D eigenvalue weighted by Gasteiger charge is 2.28. The number of rotatable bonds is 1. The molecule has 1 aliphatic carbocycles. The highest BCUT2D eigenvalue weighted by Crippen LogP contribution is 2.32. The van der Waals surface area contributed by atoms with Crippen molar-refractivity contribution in [2.24, 2.45) is 0 Å². The van der Waals surface area contributed by atoms with E-state index in [1.165, 1.54) is 0 Å². The third-order valence-corrected chi connectivity index (χ3v) is 2.64. The SMILES string of the molecule is O=C1CCCC1c1cc(F)ccc1F. The van der Waals surface area contributed by atoms with Crippen LogP contribution in [0.4, 0.5) is 8.78 Å². The van der Waals surface area contributed by atoms with E-state index in [0.29, 0.717) is 12.8 Å². The van der Waals surface area contributed by atoms with E-state index in [1.54, 1.807) is 0 Å². The molecule has 74 valence electrons. The Balaban J connectivity index is 2.39. The van der Waals surface area contributed by atoms with E-state index in [1.807, 2.05) is 0 Å². The summed E-state index contributed by atoms with van der Waals surface area (Å²) in [6.07, 6.45) is 1.90. The minimum Gasteiger partial charge on any atom is -0.299 e. The Labute approximate surface area is 80.7 Å². The van der Waals surface area contributed by atoms with Crippen molar-refractivity contribution in [2.75, 3.05) is 0 Å². The normalized spacial score (nSPS) is 21.6. The highest BCUT2D eigenvalue weighted by atomic mass is 19.1. The zero-order chi connectivity index (χ0) is 10.1. The van der Waals surface area contributed by atoms with Crippen LogP contribution in [0.5, 0.6) is 0 Å². The molecule has 0 N–H and O–H groups in total. The Kier molecular flexibility index (Phi) is 2.32. The Morgan fingerprint density at radius 1 is 1.29 bits per heavy atom. The molecule has 1 nitrogen and oxygen atoms in total. The van der Waals surface area contributed by atoms with Gasteiger partial charge in [-0.2, -0.15) is 0 Å². The van der Waals surface area contributed by atoms with Crippen molar-refractivity contribution in [3.8, 4) is 0 Å². The molecule has 0 amide bonds. The number of carbonyl (C=O) groups excluding carboxylic acids is 1. The summed E-state index contributed by atoms with van der Waals surface area (Å²) in [4.78, 5) is 11.3. The highest BCUT2D eigenvalue weighted by molar-refractivity contribution is 5.87. The van der Waals surface area contributed by atoms with Crippen LogP contribution in [-0.2, 0) is 4.79 Å². The molecule has 3 heteroatoms. The van der Waals surface area contributed by atoms with Crippen LogP contribution in [-0.4, -0.2) is 5.78 Å². The van der Waals surface area contributed by atoms with Crippen LogP contribution in [0.1, 0.15) is 30.7 Å². The fourth-order valence-electron chi connectivity index (χ4n) is 1.93. The van der Waals surface area contributed by atoms with E-state index in [0.717, 1.165) is 24.6 Å². The Morgan fingerprint density at radius 3 is 2.71 bits per heavy atom. The van der Waals surface area contributed by atoms with Gasteiger partial charge >= 0.3 is 0 Å². The zero-order valence-electron chi connectivity index (χ0n) is 7.59. The average Bonchev–Trinajstić information content (AvgIpc) is 2.56. The van der Waals surface area contributed by atoms with Gasteiger partial charge in [0.15, 0.2) is 0 Å². The molecule has 1 atom stereocenters. The zero-order valence-corrected chi connectivity index (χ0v) is 7.59. The number of Topliss-reactive ketones (excluding diaryl/α,β-unsaturated/α-hetero) is 1. The van der Waals surface area contributed by atoms with Crippen LogP contribution in [0.15, 0.2) is 18.2 Å². The van der Waals surface area contributed by atoms with Gasteiger partial charge in [-0.05, 0) is 31.0 Å². The monoisotopic (exact) mass is 196 g/mol. The molecule has 1 unspecified atom stereocenters. The van der Waals surface area contributed by atoms with Crippen molar-refractivity contribution >= 4 is 5.78 Å². The molecule has 14 heavy (non-hydrogen) atoms. The summed E-state index contributed by atoms with van der Waals surface area (Å²) < 4.78 is 26.1. The maximum atomic E-state index is 13.3. The molecule has 1 aromatic rings. The molecule has 0 spiro atoms.